The molecule has 0 amide bonds. The Bertz CT molecular complexity index is 526. The summed E-state index contributed by atoms with van der Waals surface area (Å²) in [4.78, 5) is 1.29. The van der Waals surface area contributed by atoms with Crippen molar-refractivity contribution < 1.29 is 4.74 Å². The van der Waals surface area contributed by atoms with Gasteiger partial charge in [0.2, 0.25) is 0 Å². The van der Waals surface area contributed by atoms with E-state index in [1.54, 1.807) is 18.4 Å². The number of para-hydroxylation sites is 1. The highest BCUT2D eigenvalue weighted by molar-refractivity contribution is 7.16. The van der Waals surface area contributed by atoms with Crippen LogP contribution in [0.2, 0.25) is 4.34 Å². The standard InChI is InChI=1S/C15H18ClNOS/c1-18-14-5-3-2-4-12(14)8-11(10-17)9-13-6-7-15(16)19-13/h2-7,11H,8-10,17H2,1H3. The van der Waals surface area contributed by atoms with E-state index in [4.69, 9.17) is 22.1 Å². The molecule has 0 radical (unpaired) electrons. The van der Waals surface area contributed by atoms with E-state index in [-0.39, 0.29) is 0 Å². The van der Waals surface area contributed by atoms with Gasteiger partial charge >= 0.3 is 0 Å². The van der Waals surface area contributed by atoms with Crippen molar-refractivity contribution in [1.29, 1.82) is 0 Å². The van der Waals surface area contributed by atoms with Gasteiger partial charge in [-0.25, -0.2) is 0 Å². The maximum atomic E-state index is 5.96. The molecule has 102 valence electrons. The lowest BCUT2D eigenvalue weighted by atomic mass is 9.95. The summed E-state index contributed by atoms with van der Waals surface area (Å²) in [5.41, 5.74) is 7.11. The second kappa shape index (κ2) is 6.94. The molecule has 0 aliphatic heterocycles. The minimum absolute atomic E-state index is 0.408. The molecule has 2 nitrogen and oxygen atoms in total. The summed E-state index contributed by atoms with van der Waals surface area (Å²) in [5.74, 6) is 1.34. The largest absolute Gasteiger partial charge is 0.496 e. The highest BCUT2D eigenvalue weighted by atomic mass is 35.5. The van der Waals surface area contributed by atoms with Crippen molar-refractivity contribution in [3.05, 3.63) is 51.2 Å². The van der Waals surface area contributed by atoms with Crippen LogP contribution in [0.3, 0.4) is 0 Å². The molecule has 2 aromatic rings. The summed E-state index contributed by atoms with van der Waals surface area (Å²) in [5, 5.41) is 0. The molecule has 1 aromatic carbocycles. The fourth-order valence-electron chi connectivity index (χ4n) is 2.17. The molecule has 1 unspecified atom stereocenters. The molecular formula is C15H18ClNOS. The summed E-state index contributed by atoms with van der Waals surface area (Å²) in [6, 6.07) is 12.1. The number of rotatable bonds is 6. The average molecular weight is 296 g/mol. The first-order valence-corrected chi connectivity index (χ1v) is 7.48. The first kappa shape index (κ1) is 14.4. The molecule has 1 heterocycles. The lowest BCUT2D eigenvalue weighted by Gasteiger charge is -2.16. The first-order valence-electron chi connectivity index (χ1n) is 6.29. The fourth-order valence-corrected chi connectivity index (χ4v) is 3.37. The topological polar surface area (TPSA) is 35.2 Å². The van der Waals surface area contributed by atoms with E-state index < -0.39 is 0 Å². The van der Waals surface area contributed by atoms with Crippen LogP contribution in [0.1, 0.15) is 10.4 Å². The van der Waals surface area contributed by atoms with Crippen molar-refractivity contribution >= 4 is 22.9 Å². The molecule has 19 heavy (non-hydrogen) atoms. The summed E-state index contributed by atoms with van der Waals surface area (Å²) in [6.45, 7) is 0.660. The van der Waals surface area contributed by atoms with Crippen LogP contribution in [0, 0.1) is 5.92 Å². The molecule has 1 aromatic heterocycles. The highest BCUT2D eigenvalue weighted by Crippen LogP contribution is 2.26. The molecule has 0 fully saturated rings. The van der Waals surface area contributed by atoms with Gasteiger partial charge < -0.3 is 10.5 Å². The number of thiophene rings is 1. The Balaban J connectivity index is 2.06. The van der Waals surface area contributed by atoms with Crippen LogP contribution in [0.15, 0.2) is 36.4 Å². The zero-order chi connectivity index (χ0) is 13.7. The number of nitrogens with two attached hydrogens (primary N) is 1. The average Bonchev–Trinajstić information content (AvgIpc) is 2.84. The fraction of sp³-hybridized carbons (Fsp3) is 0.333. The molecule has 0 aliphatic rings. The molecule has 0 saturated carbocycles. The molecule has 4 heteroatoms. The van der Waals surface area contributed by atoms with Crippen LogP contribution in [0.4, 0.5) is 0 Å². The van der Waals surface area contributed by atoms with Crippen LogP contribution >= 0.6 is 22.9 Å². The van der Waals surface area contributed by atoms with Crippen LogP contribution in [0.5, 0.6) is 5.75 Å². The molecule has 1 atom stereocenters. The number of methoxy groups -OCH3 is 1. The Morgan fingerprint density at radius 1 is 1.21 bits per heavy atom. The minimum Gasteiger partial charge on any atom is -0.496 e. The van der Waals surface area contributed by atoms with Gasteiger partial charge in [-0.3, -0.25) is 0 Å². The number of hydrogen-bond donors (Lipinski definition) is 1. The number of benzene rings is 1. The van der Waals surface area contributed by atoms with E-state index in [1.807, 2.05) is 24.3 Å². The monoisotopic (exact) mass is 295 g/mol. The Morgan fingerprint density at radius 2 is 2.00 bits per heavy atom. The third-order valence-electron chi connectivity index (χ3n) is 3.15. The number of halogens is 1. The van der Waals surface area contributed by atoms with Gasteiger partial charge in [0.1, 0.15) is 5.75 Å². The van der Waals surface area contributed by atoms with E-state index in [9.17, 15) is 0 Å². The van der Waals surface area contributed by atoms with E-state index in [1.165, 1.54) is 10.4 Å². The molecule has 0 spiro atoms. The van der Waals surface area contributed by atoms with Crippen LogP contribution in [-0.4, -0.2) is 13.7 Å². The summed E-state index contributed by atoms with van der Waals surface area (Å²) in [7, 11) is 1.70. The van der Waals surface area contributed by atoms with E-state index >= 15 is 0 Å². The Hall–Kier alpha value is -1.03. The normalized spacial score (nSPS) is 12.4. The second-order valence-electron chi connectivity index (χ2n) is 4.53. The van der Waals surface area contributed by atoms with Gasteiger partial charge in [0.15, 0.2) is 0 Å². The van der Waals surface area contributed by atoms with Crippen LogP contribution in [0.25, 0.3) is 0 Å². The quantitative estimate of drug-likeness (QED) is 0.880. The van der Waals surface area contributed by atoms with Gasteiger partial charge in [0, 0.05) is 4.88 Å². The van der Waals surface area contributed by atoms with E-state index in [2.05, 4.69) is 12.1 Å². The molecule has 0 aliphatic carbocycles. The van der Waals surface area contributed by atoms with E-state index in [0.29, 0.717) is 12.5 Å². The number of hydrogen-bond acceptors (Lipinski definition) is 3. The van der Waals surface area contributed by atoms with Gasteiger partial charge in [-0.05, 0) is 49.1 Å². The minimum atomic E-state index is 0.408. The van der Waals surface area contributed by atoms with Crippen molar-refractivity contribution in [3.63, 3.8) is 0 Å². The lowest BCUT2D eigenvalue weighted by molar-refractivity contribution is 0.404. The lowest BCUT2D eigenvalue weighted by Crippen LogP contribution is -2.19. The van der Waals surface area contributed by atoms with Gasteiger partial charge in [-0.2, -0.15) is 0 Å². The Morgan fingerprint density at radius 3 is 2.63 bits per heavy atom. The van der Waals surface area contributed by atoms with Gasteiger partial charge in [-0.1, -0.05) is 29.8 Å². The zero-order valence-electron chi connectivity index (χ0n) is 10.9. The summed E-state index contributed by atoms with van der Waals surface area (Å²) >= 11 is 7.59. The number of ether oxygens (including phenoxy) is 1. The maximum absolute atomic E-state index is 5.96. The summed E-state index contributed by atoms with van der Waals surface area (Å²) < 4.78 is 6.22. The Labute approximate surface area is 123 Å². The molecule has 2 N–H and O–H groups in total. The van der Waals surface area contributed by atoms with Crippen molar-refractivity contribution in [2.24, 2.45) is 11.7 Å². The van der Waals surface area contributed by atoms with Crippen molar-refractivity contribution in [2.45, 2.75) is 12.8 Å². The first-order chi connectivity index (χ1) is 9.22. The van der Waals surface area contributed by atoms with Gasteiger partial charge in [0.05, 0.1) is 11.4 Å². The second-order valence-corrected chi connectivity index (χ2v) is 6.33. The maximum Gasteiger partial charge on any atom is 0.122 e. The van der Waals surface area contributed by atoms with Crippen LogP contribution < -0.4 is 10.5 Å². The zero-order valence-corrected chi connectivity index (χ0v) is 12.5. The third-order valence-corrected chi connectivity index (χ3v) is 4.41. The molecule has 0 bridgehead atoms. The predicted octanol–water partition coefficient (Wildman–Crippen LogP) is 3.77. The van der Waals surface area contributed by atoms with Gasteiger partial charge in [0.25, 0.3) is 0 Å². The molecular weight excluding hydrogens is 278 g/mol. The molecule has 0 saturated heterocycles. The predicted molar refractivity (Wildman–Crippen MR) is 82.3 cm³/mol. The smallest absolute Gasteiger partial charge is 0.122 e. The third kappa shape index (κ3) is 3.96. The van der Waals surface area contributed by atoms with Gasteiger partial charge in [-0.15, -0.1) is 11.3 Å². The molecule has 2 rings (SSSR count). The van der Waals surface area contributed by atoms with Crippen molar-refractivity contribution in [1.82, 2.24) is 0 Å². The summed E-state index contributed by atoms with van der Waals surface area (Å²) in [6.07, 6.45) is 1.89. The Kier molecular flexibility index (Phi) is 5.25. The van der Waals surface area contributed by atoms with Crippen LogP contribution in [-0.2, 0) is 12.8 Å². The van der Waals surface area contributed by atoms with Crippen molar-refractivity contribution in [3.8, 4) is 5.75 Å². The van der Waals surface area contributed by atoms with Crippen molar-refractivity contribution in [2.75, 3.05) is 13.7 Å². The highest BCUT2D eigenvalue weighted by Gasteiger charge is 2.13. The SMILES string of the molecule is COc1ccccc1CC(CN)Cc1ccc(Cl)s1. The van der Waals surface area contributed by atoms with E-state index in [0.717, 1.165) is 22.9 Å².